The molecular weight excluding hydrogens is 301 g/mol. The van der Waals surface area contributed by atoms with Gasteiger partial charge in [0.2, 0.25) is 0 Å². The normalized spacial score (nSPS) is 19.9. The molecule has 0 saturated carbocycles. The number of hydrogen-bond acceptors (Lipinski definition) is 3. The number of likely N-dealkylation sites (tertiary alicyclic amines) is 1. The van der Waals surface area contributed by atoms with Crippen LogP contribution in [-0.2, 0) is 6.42 Å². The van der Waals surface area contributed by atoms with E-state index in [4.69, 9.17) is 5.73 Å². The van der Waals surface area contributed by atoms with Crippen molar-refractivity contribution in [2.24, 2.45) is 5.73 Å². The largest absolute Gasteiger partial charge is 0.368 e. The third-order valence-electron chi connectivity index (χ3n) is 4.60. The highest BCUT2D eigenvalue weighted by Crippen LogP contribution is 2.33. The van der Waals surface area contributed by atoms with E-state index in [1.165, 1.54) is 24.1 Å². The average Bonchev–Trinajstić information content (AvgIpc) is 2.80. The summed E-state index contributed by atoms with van der Waals surface area (Å²) in [6.07, 6.45) is 3.32. The molecule has 2 N–H and O–H groups in total. The van der Waals surface area contributed by atoms with Crippen molar-refractivity contribution in [2.45, 2.75) is 44.7 Å². The predicted octanol–water partition coefficient (Wildman–Crippen LogP) is 2.81. The van der Waals surface area contributed by atoms with Gasteiger partial charge in [0.15, 0.2) is 0 Å². The molecule has 0 bridgehead atoms. The summed E-state index contributed by atoms with van der Waals surface area (Å²) in [4.78, 5) is 4.96. The van der Waals surface area contributed by atoms with Gasteiger partial charge in [-0.15, -0.1) is 12.4 Å². The fraction of sp³-hybridized carbons (Fsp3) is 0.647. The third kappa shape index (κ3) is 3.92. The number of anilines is 1. The van der Waals surface area contributed by atoms with Gasteiger partial charge in [-0.25, -0.2) is 4.39 Å². The minimum absolute atomic E-state index is 0. The zero-order valence-corrected chi connectivity index (χ0v) is 14.3. The Labute approximate surface area is 139 Å². The summed E-state index contributed by atoms with van der Waals surface area (Å²) in [7, 11) is 0. The monoisotopic (exact) mass is 327 g/mol. The maximum atomic E-state index is 13.3. The van der Waals surface area contributed by atoms with Crippen LogP contribution < -0.4 is 10.6 Å². The highest BCUT2D eigenvalue weighted by atomic mass is 35.5. The standard InChI is InChI=1S/C17H26FN3.ClH/c1-17(2,19)12-20-8-6-15(7-9-20)21-10-5-13-11-14(18)3-4-16(13)21;/h3-4,11,15H,5-10,12,19H2,1-2H3;1H. The minimum Gasteiger partial charge on any atom is -0.368 e. The molecule has 124 valence electrons. The molecule has 0 unspecified atom stereocenters. The van der Waals surface area contributed by atoms with Gasteiger partial charge in [-0.2, -0.15) is 0 Å². The number of benzene rings is 1. The molecule has 1 fully saturated rings. The predicted molar refractivity (Wildman–Crippen MR) is 92.4 cm³/mol. The smallest absolute Gasteiger partial charge is 0.123 e. The molecule has 0 radical (unpaired) electrons. The second-order valence-corrected chi connectivity index (χ2v) is 7.21. The van der Waals surface area contributed by atoms with E-state index in [-0.39, 0.29) is 23.8 Å². The van der Waals surface area contributed by atoms with E-state index in [2.05, 4.69) is 23.6 Å². The van der Waals surface area contributed by atoms with Gasteiger partial charge < -0.3 is 15.5 Å². The molecule has 0 spiro atoms. The van der Waals surface area contributed by atoms with E-state index in [0.29, 0.717) is 6.04 Å². The van der Waals surface area contributed by atoms with Crippen molar-refractivity contribution in [1.82, 2.24) is 4.90 Å². The summed E-state index contributed by atoms with van der Waals surface area (Å²) in [6, 6.07) is 5.83. The molecular formula is C17H27ClFN3. The van der Waals surface area contributed by atoms with Gasteiger partial charge in [0, 0.05) is 43.4 Å². The van der Waals surface area contributed by atoms with E-state index >= 15 is 0 Å². The number of nitrogens with two attached hydrogens (primary N) is 1. The molecule has 3 rings (SSSR count). The molecule has 0 aliphatic carbocycles. The Bertz CT molecular complexity index is 507. The van der Waals surface area contributed by atoms with E-state index in [0.717, 1.165) is 32.6 Å². The zero-order chi connectivity index (χ0) is 15.0. The second kappa shape index (κ2) is 6.73. The molecule has 2 heterocycles. The lowest BCUT2D eigenvalue weighted by molar-refractivity contribution is 0.178. The molecule has 0 aromatic heterocycles. The molecule has 2 aliphatic heterocycles. The number of nitrogens with zero attached hydrogens (tertiary/aromatic N) is 2. The van der Waals surface area contributed by atoms with Crippen molar-refractivity contribution in [3.05, 3.63) is 29.6 Å². The molecule has 0 atom stereocenters. The van der Waals surface area contributed by atoms with Crippen molar-refractivity contribution < 1.29 is 4.39 Å². The lowest BCUT2D eigenvalue weighted by Crippen LogP contribution is -2.51. The van der Waals surface area contributed by atoms with Gasteiger partial charge in [-0.1, -0.05) is 0 Å². The van der Waals surface area contributed by atoms with Gasteiger partial charge in [0.1, 0.15) is 5.82 Å². The van der Waals surface area contributed by atoms with E-state index in [1.54, 1.807) is 12.1 Å². The van der Waals surface area contributed by atoms with Crippen molar-refractivity contribution in [3.8, 4) is 0 Å². The SMILES string of the molecule is CC(C)(N)CN1CCC(N2CCc3cc(F)ccc32)CC1.Cl. The first-order valence-electron chi connectivity index (χ1n) is 7.99. The Balaban J connectivity index is 0.00000176. The van der Waals surface area contributed by atoms with Crippen LogP contribution in [0.4, 0.5) is 10.1 Å². The molecule has 3 nitrogen and oxygen atoms in total. The highest BCUT2D eigenvalue weighted by Gasteiger charge is 2.30. The van der Waals surface area contributed by atoms with E-state index in [9.17, 15) is 4.39 Å². The highest BCUT2D eigenvalue weighted by molar-refractivity contribution is 5.85. The van der Waals surface area contributed by atoms with Gasteiger partial charge >= 0.3 is 0 Å². The summed E-state index contributed by atoms with van der Waals surface area (Å²) in [5.74, 6) is -0.115. The summed E-state index contributed by atoms with van der Waals surface area (Å²) in [5.41, 5.74) is 8.40. The van der Waals surface area contributed by atoms with Crippen LogP contribution >= 0.6 is 12.4 Å². The fourth-order valence-electron chi connectivity index (χ4n) is 3.74. The first-order valence-corrected chi connectivity index (χ1v) is 7.99. The van der Waals surface area contributed by atoms with Crippen LogP contribution in [0.3, 0.4) is 0 Å². The van der Waals surface area contributed by atoms with Gasteiger partial charge in [0.25, 0.3) is 0 Å². The summed E-state index contributed by atoms with van der Waals surface area (Å²) < 4.78 is 13.3. The van der Waals surface area contributed by atoms with Crippen molar-refractivity contribution in [3.63, 3.8) is 0 Å². The Kier molecular flexibility index (Phi) is 5.36. The zero-order valence-electron chi connectivity index (χ0n) is 13.5. The van der Waals surface area contributed by atoms with Crippen molar-refractivity contribution in [2.75, 3.05) is 31.1 Å². The number of halogens is 2. The molecule has 2 aliphatic rings. The second-order valence-electron chi connectivity index (χ2n) is 7.21. The summed E-state index contributed by atoms with van der Waals surface area (Å²) in [5, 5.41) is 0. The average molecular weight is 328 g/mol. The van der Waals surface area contributed by atoms with Crippen LogP contribution in [0.25, 0.3) is 0 Å². The van der Waals surface area contributed by atoms with Crippen LogP contribution in [0.1, 0.15) is 32.3 Å². The Morgan fingerprint density at radius 3 is 2.55 bits per heavy atom. The van der Waals surface area contributed by atoms with Crippen molar-refractivity contribution in [1.29, 1.82) is 0 Å². The Hall–Kier alpha value is -0.840. The topological polar surface area (TPSA) is 32.5 Å². The fourth-order valence-corrected chi connectivity index (χ4v) is 3.74. The number of piperidine rings is 1. The van der Waals surface area contributed by atoms with Gasteiger partial charge in [-0.05, 0) is 56.9 Å². The molecule has 1 saturated heterocycles. The lowest BCUT2D eigenvalue weighted by atomic mass is 10.00. The van der Waals surface area contributed by atoms with Crippen LogP contribution in [0.5, 0.6) is 0 Å². The summed E-state index contributed by atoms with van der Waals surface area (Å²) in [6.45, 7) is 8.39. The third-order valence-corrected chi connectivity index (χ3v) is 4.60. The van der Waals surface area contributed by atoms with Crippen LogP contribution in [-0.4, -0.2) is 42.7 Å². The molecule has 5 heteroatoms. The van der Waals surface area contributed by atoms with Gasteiger partial charge in [-0.3, -0.25) is 0 Å². The van der Waals surface area contributed by atoms with Crippen molar-refractivity contribution >= 4 is 18.1 Å². The number of fused-ring (bicyclic) bond motifs is 1. The lowest BCUT2D eigenvalue weighted by Gasteiger charge is -2.40. The molecule has 0 amide bonds. The van der Waals surface area contributed by atoms with E-state index in [1.807, 2.05) is 6.07 Å². The molecule has 1 aromatic carbocycles. The minimum atomic E-state index is -0.120. The summed E-state index contributed by atoms with van der Waals surface area (Å²) >= 11 is 0. The molecule has 1 aromatic rings. The first kappa shape index (κ1) is 17.5. The maximum absolute atomic E-state index is 13.3. The van der Waals surface area contributed by atoms with Crippen LogP contribution in [0.15, 0.2) is 18.2 Å². The van der Waals surface area contributed by atoms with Crippen LogP contribution in [0.2, 0.25) is 0 Å². The number of hydrogen-bond donors (Lipinski definition) is 1. The van der Waals surface area contributed by atoms with Crippen LogP contribution in [0, 0.1) is 5.82 Å². The molecule has 22 heavy (non-hydrogen) atoms. The Morgan fingerprint density at radius 2 is 1.91 bits per heavy atom. The quantitative estimate of drug-likeness (QED) is 0.926. The van der Waals surface area contributed by atoms with E-state index < -0.39 is 0 Å². The Morgan fingerprint density at radius 1 is 1.23 bits per heavy atom. The van der Waals surface area contributed by atoms with Gasteiger partial charge in [0.05, 0.1) is 0 Å². The first-order chi connectivity index (χ1) is 9.92. The number of rotatable bonds is 3. The maximum Gasteiger partial charge on any atom is 0.123 e.